The van der Waals surface area contributed by atoms with Gasteiger partial charge in [0.2, 0.25) is 11.8 Å². The molecule has 0 unspecified atom stereocenters. The first-order valence-corrected chi connectivity index (χ1v) is 9.68. The van der Waals surface area contributed by atoms with Crippen LogP contribution in [0.4, 0.5) is 0 Å². The molecule has 2 aliphatic rings. The van der Waals surface area contributed by atoms with Crippen molar-refractivity contribution in [3.63, 3.8) is 0 Å². The van der Waals surface area contributed by atoms with E-state index in [0.717, 1.165) is 12.8 Å². The summed E-state index contributed by atoms with van der Waals surface area (Å²) in [6.45, 7) is 2.79. The van der Waals surface area contributed by atoms with Gasteiger partial charge >= 0.3 is 11.9 Å². The fourth-order valence-electron chi connectivity index (χ4n) is 3.95. The van der Waals surface area contributed by atoms with Crippen LogP contribution in [0.2, 0.25) is 0 Å². The van der Waals surface area contributed by atoms with E-state index in [0.29, 0.717) is 51.4 Å². The van der Waals surface area contributed by atoms with E-state index in [1.807, 2.05) is 0 Å². The molecular formula is C19H30N2O6. The van der Waals surface area contributed by atoms with Gasteiger partial charge in [-0.1, -0.05) is 38.5 Å². The van der Waals surface area contributed by atoms with Gasteiger partial charge in [0.1, 0.15) is 16.5 Å². The zero-order valence-electron chi connectivity index (χ0n) is 16.1. The Morgan fingerprint density at radius 2 is 0.963 bits per heavy atom. The number of aliphatic carboxylic acids is 2. The number of nitrogens with one attached hydrogen (secondary N) is 2. The lowest BCUT2D eigenvalue weighted by atomic mass is 9.78. The van der Waals surface area contributed by atoms with E-state index in [-0.39, 0.29) is 0 Å². The van der Waals surface area contributed by atoms with Crippen LogP contribution in [0.15, 0.2) is 0 Å². The summed E-state index contributed by atoms with van der Waals surface area (Å²) in [6.07, 6.45) is 5.91. The standard InChI is InChI=1S/C19H30N2O6/c1-17(2,13(22)20-18(15(24)25)9-5-3-6-10-18)14(23)21-19(16(26)27)11-7-4-8-12-19/h3-12H2,1-2H3,(H,20,22)(H,21,23)(H,24,25)(H,26,27). The van der Waals surface area contributed by atoms with E-state index in [9.17, 15) is 29.4 Å². The van der Waals surface area contributed by atoms with Crippen molar-refractivity contribution in [1.82, 2.24) is 10.6 Å². The first-order chi connectivity index (χ1) is 12.6. The van der Waals surface area contributed by atoms with Crippen LogP contribution in [-0.2, 0) is 19.2 Å². The molecule has 0 heterocycles. The predicted octanol–water partition coefficient (Wildman–Crippen LogP) is 1.82. The number of hydrogen-bond acceptors (Lipinski definition) is 4. The van der Waals surface area contributed by atoms with E-state index >= 15 is 0 Å². The van der Waals surface area contributed by atoms with Crippen LogP contribution in [-0.4, -0.2) is 45.0 Å². The van der Waals surface area contributed by atoms with Crippen molar-refractivity contribution < 1.29 is 29.4 Å². The zero-order valence-corrected chi connectivity index (χ0v) is 16.1. The zero-order chi connectivity index (χ0) is 20.3. The van der Waals surface area contributed by atoms with Gasteiger partial charge in [-0.05, 0) is 39.5 Å². The number of amides is 2. The SMILES string of the molecule is CC(C)(C(=O)NC1(C(=O)O)CCCCC1)C(=O)NC1(C(=O)O)CCCCC1. The van der Waals surface area contributed by atoms with E-state index in [1.165, 1.54) is 13.8 Å². The van der Waals surface area contributed by atoms with Crippen molar-refractivity contribution in [1.29, 1.82) is 0 Å². The molecule has 0 bridgehead atoms. The van der Waals surface area contributed by atoms with Gasteiger partial charge in [-0.2, -0.15) is 0 Å². The third kappa shape index (κ3) is 4.25. The molecule has 0 spiro atoms. The molecule has 2 rings (SSSR count). The lowest BCUT2D eigenvalue weighted by Crippen LogP contribution is -2.63. The van der Waals surface area contributed by atoms with Crippen LogP contribution in [0.3, 0.4) is 0 Å². The Morgan fingerprint density at radius 1 is 0.667 bits per heavy atom. The third-order valence-corrected chi connectivity index (χ3v) is 6.07. The van der Waals surface area contributed by atoms with Crippen molar-refractivity contribution in [2.75, 3.05) is 0 Å². The van der Waals surface area contributed by atoms with E-state index in [1.54, 1.807) is 0 Å². The van der Waals surface area contributed by atoms with Gasteiger partial charge in [-0.25, -0.2) is 9.59 Å². The minimum absolute atomic E-state index is 0.324. The number of rotatable bonds is 6. The topological polar surface area (TPSA) is 133 Å². The summed E-state index contributed by atoms with van der Waals surface area (Å²) in [7, 11) is 0. The van der Waals surface area contributed by atoms with Gasteiger partial charge in [-0.15, -0.1) is 0 Å². The van der Waals surface area contributed by atoms with Gasteiger partial charge in [0, 0.05) is 0 Å². The van der Waals surface area contributed by atoms with Crippen LogP contribution in [0, 0.1) is 5.41 Å². The fraction of sp³-hybridized carbons (Fsp3) is 0.789. The molecule has 2 fully saturated rings. The smallest absolute Gasteiger partial charge is 0.329 e. The number of carbonyl (C=O) groups is 4. The van der Waals surface area contributed by atoms with Crippen molar-refractivity contribution in [2.24, 2.45) is 5.41 Å². The van der Waals surface area contributed by atoms with Gasteiger partial charge < -0.3 is 20.8 Å². The molecule has 2 saturated carbocycles. The average molecular weight is 382 g/mol. The Hall–Kier alpha value is -2.12. The van der Waals surface area contributed by atoms with Gasteiger partial charge in [0.05, 0.1) is 0 Å². The third-order valence-electron chi connectivity index (χ3n) is 6.07. The molecule has 0 radical (unpaired) electrons. The van der Waals surface area contributed by atoms with Crippen LogP contribution in [0.5, 0.6) is 0 Å². The molecule has 2 aliphatic carbocycles. The van der Waals surface area contributed by atoms with Gasteiger partial charge in [0.25, 0.3) is 0 Å². The summed E-state index contributed by atoms with van der Waals surface area (Å²) < 4.78 is 0. The van der Waals surface area contributed by atoms with Gasteiger partial charge in [0.15, 0.2) is 0 Å². The highest BCUT2D eigenvalue weighted by molar-refractivity contribution is 6.06. The van der Waals surface area contributed by atoms with Crippen LogP contribution in [0.25, 0.3) is 0 Å². The number of carbonyl (C=O) groups excluding carboxylic acids is 2. The van der Waals surface area contributed by atoms with E-state index < -0.39 is 40.2 Å². The van der Waals surface area contributed by atoms with Gasteiger partial charge in [-0.3, -0.25) is 9.59 Å². The lowest BCUT2D eigenvalue weighted by Gasteiger charge is -2.39. The largest absolute Gasteiger partial charge is 0.480 e. The second-order valence-corrected chi connectivity index (χ2v) is 8.43. The van der Waals surface area contributed by atoms with E-state index in [2.05, 4.69) is 10.6 Å². The Morgan fingerprint density at radius 3 is 1.22 bits per heavy atom. The summed E-state index contributed by atoms with van der Waals surface area (Å²) in [5.41, 5.74) is -4.30. The highest BCUT2D eigenvalue weighted by Crippen LogP contribution is 2.32. The molecule has 0 aromatic heterocycles. The first-order valence-electron chi connectivity index (χ1n) is 9.68. The molecule has 0 saturated heterocycles. The van der Waals surface area contributed by atoms with E-state index in [4.69, 9.17) is 0 Å². The molecule has 4 N–H and O–H groups in total. The summed E-state index contributed by atoms with van der Waals surface area (Å²) in [5, 5.41) is 24.4. The fourth-order valence-corrected chi connectivity index (χ4v) is 3.95. The first kappa shape index (κ1) is 21.2. The highest BCUT2D eigenvalue weighted by Gasteiger charge is 2.49. The minimum Gasteiger partial charge on any atom is -0.480 e. The maximum absolute atomic E-state index is 12.8. The minimum atomic E-state index is -1.58. The second kappa shape index (κ2) is 7.86. The molecule has 0 aromatic rings. The maximum Gasteiger partial charge on any atom is 0.329 e. The molecular weight excluding hydrogens is 352 g/mol. The summed E-state index contributed by atoms with van der Waals surface area (Å²) >= 11 is 0. The Balaban J connectivity index is 2.15. The maximum atomic E-state index is 12.8. The monoisotopic (exact) mass is 382 g/mol. The van der Waals surface area contributed by atoms with Crippen molar-refractivity contribution in [3.8, 4) is 0 Å². The summed E-state index contributed by atoms with van der Waals surface area (Å²) in [4.78, 5) is 49.2. The normalized spacial score (nSPS) is 21.7. The Kier molecular flexibility index (Phi) is 6.17. The average Bonchev–Trinajstić information content (AvgIpc) is 2.62. The molecule has 0 aliphatic heterocycles. The van der Waals surface area contributed by atoms with Crippen LogP contribution in [0.1, 0.15) is 78.1 Å². The lowest BCUT2D eigenvalue weighted by molar-refractivity contribution is -0.156. The Bertz CT molecular complexity index is 564. The number of carboxylic acids is 2. The molecule has 8 heteroatoms. The highest BCUT2D eigenvalue weighted by atomic mass is 16.4. The van der Waals surface area contributed by atoms with Crippen molar-refractivity contribution >= 4 is 23.8 Å². The van der Waals surface area contributed by atoms with Crippen molar-refractivity contribution in [2.45, 2.75) is 89.1 Å². The molecule has 0 atom stereocenters. The van der Waals surface area contributed by atoms with Crippen LogP contribution < -0.4 is 10.6 Å². The van der Waals surface area contributed by atoms with Crippen LogP contribution >= 0.6 is 0 Å². The Labute approximate surface area is 159 Å². The van der Waals surface area contributed by atoms with Crippen molar-refractivity contribution in [3.05, 3.63) is 0 Å². The molecule has 27 heavy (non-hydrogen) atoms. The number of hydrogen-bond donors (Lipinski definition) is 4. The molecule has 2 amide bonds. The summed E-state index contributed by atoms with van der Waals surface area (Å²) in [6, 6.07) is 0. The second-order valence-electron chi connectivity index (χ2n) is 8.43. The molecule has 0 aromatic carbocycles. The summed E-state index contributed by atoms with van der Waals surface area (Å²) in [5.74, 6) is -3.58. The number of carboxylic acid groups (broad SMARTS) is 2. The predicted molar refractivity (Wildman–Crippen MR) is 97.0 cm³/mol. The molecule has 8 nitrogen and oxygen atoms in total. The quantitative estimate of drug-likeness (QED) is 0.518. The molecule has 152 valence electrons.